The Morgan fingerprint density at radius 3 is 2.60 bits per heavy atom. The maximum absolute atomic E-state index is 12.5. The Labute approximate surface area is 147 Å². The number of benzene rings is 1. The molecule has 6 nitrogen and oxygen atoms in total. The Bertz CT molecular complexity index is 800. The molecule has 0 fully saturated rings. The highest BCUT2D eigenvalue weighted by Gasteiger charge is 2.28. The maximum Gasteiger partial charge on any atom is 0.229 e. The molecule has 0 saturated carbocycles. The molecule has 3 rings (SSSR count). The van der Waals surface area contributed by atoms with Gasteiger partial charge in [0, 0.05) is 38.8 Å². The molecule has 6 heteroatoms. The number of Topliss-reactive ketones (excluding diaryl/α,β-unsaturated/α-hetero) is 1. The largest absolute Gasteiger partial charge is 0.378 e. The van der Waals surface area contributed by atoms with Crippen LogP contribution in [-0.2, 0) is 11.2 Å². The average molecular weight is 338 g/mol. The Morgan fingerprint density at radius 1 is 1.24 bits per heavy atom. The summed E-state index contributed by atoms with van der Waals surface area (Å²) in [7, 11) is 4.00. The first kappa shape index (κ1) is 17.1. The molecule has 0 bridgehead atoms. The zero-order valence-corrected chi connectivity index (χ0v) is 14.7. The van der Waals surface area contributed by atoms with Crippen molar-refractivity contribution in [1.29, 1.82) is 0 Å². The van der Waals surface area contributed by atoms with E-state index in [0.717, 1.165) is 11.3 Å². The number of amides is 1. The summed E-state index contributed by atoms with van der Waals surface area (Å²) in [6.45, 7) is 1.77. The number of nitrogens with one attached hydrogen (secondary N) is 1. The van der Waals surface area contributed by atoms with Gasteiger partial charge in [0.1, 0.15) is 0 Å². The maximum atomic E-state index is 12.5. The number of hydrogen-bond donors (Lipinski definition) is 1. The van der Waals surface area contributed by atoms with E-state index in [1.54, 1.807) is 6.92 Å². The zero-order chi connectivity index (χ0) is 18.0. The summed E-state index contributed by atoms with van der Waals surface area (Å²) in [5.41, 5.74) is 3.52. The molecule has 0 saturated heterocycles. The van der Waals surface area contributed by atoms with E-state index < -0.39 is 0 Å². The van der Waals surface area contributed by atoms with E-state index in [0.29, 0.717) is 30.5 Å². The first-order valence-electron chi connectivity index (χ1n) is 8.44. The van der Waals surface area contributed by atoms with Crippen LogP contribution in [0.5, 0.6) is 0 Å². The van der Waals surface area contributed by atoms with Gasteiger partial charge in [0.2, 0.25) is 11.9 Å². The Morgan fingerprint density at radius 2 is 1.96 bits per heavy atom. The molecule has 2 aromatic rings. The quantitative estimate of drug-likeness (QED) is 0.928. The van der Waals surface area contributed by atoms with Crippen molar-refractivity contribution >= 4 is 23.3 Å². The van der Waals surface area contributed by atoms with Gasteiger partial charge in [-0.15, -0.1) is 0 Å². The molecule has 1 amide bonds. The van der Waals surface area contributed by atoms with E-state index >= 15 is 0 Å². The minimum Gasteiger partial charge on any atom is -0.378 e. The smallest absolute Gasteiger partial charge is 0.229 e. The van der Waals surface area contributed by atoms with Gasteiger partial charge < -0.3 is 4.90 Å². The lowest BCUT2D eigenvalue weighted by Gasteiger charge is -2.24. The summed E-state index contributed by atoms with van der Waals surface area (Å²) in [6, 6.07) is 8.25. The molecular weight excluding hydrogens is 316 g/mol. The summed E-state index contributed by atoms with van der Waals surface area (Å²) < 4.78 is 0. The minimum atomic E-state index is -0.141. The lowest BCUT2D eigenvalue weighted by Crippen LogP contribution is -2.22. The van der Waals surface area contributed by atoms with Crippen LogP contribution in [0.1, 0.15) is 47.3 Å². The summed E-state index contributed by atoms with van der Waals surface area (Å²) in [4.78, 5) is 34.5. The van der Waals surface area contributed by atoms with Crippen LogP contribution in [0.3, 0.4) is 0 Å². The van der Waals surface area contributed by atoms with Crippen LogP contribution in [0.25, 0.3) is 0 Å². The first-order valence-corrected chi connectivity index (χ1v) is 8.44. The number of fused-ring (bicyclic) bond motifs is 1. The second-order valence-electron chi connectivity index (χ2n) is 6.47. The fraction of sp³-hybridized carbons (Fsp3) is 0.368. The number of carbonyl (C=O) groups excluding carboxylic acids is 2. The molecule has 0 spiro atoms. The number of carbonyl (C=O) groups is 2. The second kappa shape index (κ2) is 7.01. The molecule has 1 heterocycles. The van der Waals surface area contributed by atoms with Crippen LogP contribution in [0.15, 0.2) is 30.5 Å². The highest BCUT2D eigenvalue weighted by atomic mass is 16.1. The Balaban J connectivity index is 1.84. The molecule has 1 aromatic carbocycles. The zero-order valence-electron chi connectivity index (χ0n) is 14.7. The lowest BCUT2D eigenvalue weighted by molar-refractivity contribution is -0.115. The number of aromatic nitrogens is 2. The van der Waals surface area contributed by atoms with Gasteiger partial charge in [-0.3, -0.25) is 14.9 Å². The van der Waals surface area contributed by atoms with Crippen LogP contribution in [-0.4, -0.2) is 35.8 Å². The third kappa shape index (κ3) is 3.68. The minimum absolute atomic E-state index is 0.0521. The van der Waals surface area contributed by atoms with Crippen molar-refractivity contribution in [1.82, 2.24) is 9.97 Å². The fourth-order valence-electron chi connectivity index (χ4n) is 3.00. The van der Waals surface area contributed by atoms with Crippen molar-refractivity contribution in [3.05, 3.63) is 47.3 Å². The third-order valence-electron chi connectivity index (χ3n) is 4.49. The van der Waals surface area contributed by atoms with Crippen molar-refractivity contribution in [3.8, 4) is 0 Å². The van der Waals surface area contributed by atoms with Crippen molar-refractivity contribution < 1.29 is 9.59 Å². The number of rotatable bonds is 4. The molecule has 1 atom stereocenters. The van der Waals surface area contributed by atoms with Crippen molar-refractivity contribution in [2.24, 2.45) is 0 Å². The van der Waals surface area contributed by atoms with Crippen LogP contribution >= 0.6 is 0 Å². The number of nitrogens with zero attached hydrogens (tertiary/aromatic N) is 3. The van der Waals surface area contributed by atoms with E-state index in [-0.39, 0.29) is 23.6 Å². The van der Waals surface area contributed by atoms with Gasteiger partial charge in [0.25, 0.3) is 0 Å². The SMILES string of the molecule is CCC(=O)Nc1ncc2c(n1)C[C@@H](c1ccc(N(C)C)cc1)CC2=O. The Hall–Kier alpha value is -2.76. The van der Waals surface area contributed by atoms with Gasteiger partial charge in [0.05, 0.1) is 11.3 Å². The summed E-state index contributed by atoms with van der Waals surface area (Å²) in [5, 5.41) is 2.65. The van der Waals surface area contributed by atoms with Gasteiger partial charge in [-0.25, -0.2) is 9.97 Å². The summed E-state index contributed by atoms with van der Waals surface area (Å²) >= 11 is 0. The van der Waals surface area contributed by atoms with Gasteiger partial charge in [-0.2, -0.15) is 0 Å². The monoisotopic (exact) mass is 338 g/mol. The lowest BCUT2D eigenvalue weighted by atomic mass is 9.82. The summed E-state index contributed by atoms with van der Waals surface area (Å²) in [6.07, 6.45) is 3.01. The topological polar surface area (TPSA) is 75.2 Å². The van der Waals surface area contributed by atoms with Gasteiger partial charge in [0.15, 0.2) is 5.78 Å². The van der Waals surface area contributed by atoms with Crippen LogP contribution in [0.2, 0.25) is 0 Å². The highest BCUT2D eigenvalue weighted by molar-refractivity contribution is 5.98. The average Bonchev–Trinajstić information content (AvgIpc) is 2.61. The molecule has 130 valence electrons. The molecule has 1 aromatic heterocycles. The molecule has 25 heavy (non-hydrogen) atoms. The first-order chi connectivity index (χ1) is 12.0. The molecule has 1 aliphatic rings. The van der Waals surface area contributed by atoms with E-state index in [1.165, 1.54) is 6.20 Å². The molecular formula is C19H22N4O2. The fourth-order valence-corrected chi connectivity index (χ4v) is 3.00. The van der Waals surface area contributed by atoms with Gasteiger partial charge >= 0.3 is 0 Å². The van der Waals surface area contributed by atoms with Crippen LogP contribution in [0, 0.1) is 0 Å². The molecule has 1 N–H and O–H groups in total. The van der Waals surface area contributed by atoms with E-state index in [9.17, 15) is 9.59 Å². The van der Waals surface area contributed by atoms with Gasteiger partial charge in [-0.1, -0.05) is 19.1 Å². The third-order valence-corrected chi connectivity index (χ3v) is 4.49. The molecule has 1 aliphatic carbocycles. The molecule has 0 radical (unpaired) electrons. The standard InChI is InChI=1S/C19H22N4O2/c1-4-18(25)22-19-20-11-15-16(21-19)9-13(10-17(15)24)12-5-7-14(8-6-12)23(2)3/h5-8,11,13H,4,9-10H2,1-3H3,(H,20,21,22,25)/t13-/m1/s1. The highest BCUT2D eigenvalue weighted by Crippen LogP contribution is 2.32. The number of anilines is 2. The van der Waals surface area contributed by atoms with Crippen molar-refractivity contribution in [2.75, 3.05) is 24.3 Å². The van der Waals surface area contributed by atoms with E-state index in [2.05, 4.69) is 39.6 Å². The van der Waals surface area contributed by atoms with E-state index in [1.807, 2.05) is 19.0 Å². The van der Waals surface area contributed by atoms with Crippen molar-refractivity contribution in [3.63, 3.8) is 0 Å². The molecule has 0 aliphatic heterocycles. The van der Waals surface area contributed by atoms with Crippen LogP contribution in [0.4, 0.5) is 11.6 Å². The second-order valence-corrected chi connectivity index (χ2v) is 6.47. The predicted molar refractivity (Wildman–Crippen MR) is 97.1 cm³/mol. The van der Waals surface area contributed by atoms with Crippen molar-refractivity contribution in [2.45, 2.75) is 32.1 Å². The predicted octanol–water partition coefficient (Wildman–Crippen LogP) is 2.80. The Kier molecular flexibility index (Phi) is 4.79. The number of hydrogen-bond acceptors (Lipinski definition) is 5. The number of ketones is 1. The normalized spacial score (nSPS) is 16.3. The molecule has 0 unspecified atom stereocenters. The van der Waals surface area contributed by atoms with E-state index in [4.69, 9.17) is 0 Å². The van der Waals surface area contributed by atoms with Gasteiger partial charge in [-0.05, 0) is 30.0 Å². The summed E-state index contributed by atoms with van der Waals surface area (Å²) in [5.74, 6) is 0.275. The van der Waals surface area contributed by atoms with Crippen LogP contribution < -0.4 is 10.2 Å².